The molecule has 0 rings (SSSR count). The van der Waals surface area contributed by atoms with Crippen molar-refractivity contribution in [3.63, 3.8) is 0 Å². The summed E-state index contributed by atoms with van der Waals surface area (Å²) in [5.41, 5.74) is 20.4. The van der Waals surface area contributed by atoms with Gasteiger partial charge in [0.25, 0.3) is 0 Å². The van der Waals surface area contributed by atoms with Gasteiger partial charge in [0, 0.05) is 36.0 Å². The summed E-state index contributed by atoms with van der Waals surface area (Å²) in [5, 5.41) is 9.10. The number of alkyl carbamates (subject to hydrolysis) is 1. The average molecular weight is 360 g/mol. The maximum atomic E-state index is 11.1. The first-order valence-electron chi connectivity index (χ1n) is 7.71. The summed E-state index contributed by atoms with van der Waals surface area (Å²) < 4.78 is 15.0. The molecule has 0 aliphatic carbocycles. The van der Waals surface area contributed by atoms with Crippen LogP contribution in [-0.4, -0.2) is 64.3 Å². The summed E-state index contributed by atoms with van der Waals surface area (Å²) in [4.78, 5) is 16.3. The number of amides is 1. The number of carbonyl (C=O) groups is 1. The van der Waals surface area contributed by atoms with E-state index < -0.39 is 11.7 Å². The molecule has 0 spiro atoms. The molecule has 1 amide bonds. The number of azide groups is 2. The molecule has 0 heterocycles. The first-order valence-corrected chi connectivity index (χ1v) is 7.71. The quantitative estimate of drug-likeness (QED) is 0.247. The molecule has 0 saturated carbocycles. The Bertz CT molecular complexity index is 428. The van der Waals surface area contributed by atoms with Gasteiger partial charge in [-0.05, 0) is 31.8 Å². The molecule has 0 aromatic carbocycles. The molecule has 25 heavy (non-hydrogen) atoms. The van der Waals surface area contributed by atoms with Gasteiger partial charge in [-0.3, -0.25) is 0 Å². The molecule has 144 valence electrons. The van der Waals surface area contributed by atoms with E-state index in [1.54, 1.807) is 20.8 Å². The number of nitrogens with one attached hydrogen (secondary N) is 1. The molecular weight excluding hydrogens is 332 g/mol. The Labute approximate surface area is 147 Å². The van der Waals surface area contributed by atoms with Crippen LogP contribution < -0.4 is 11.1 Å². The first-order chi connectivity index (χ1) is 11.9. The second kappa shape index (κ2) is 18.1. The van der Waals surface area contributed by atoms with E-state index in [9.17, 15) is 4.79 Å². The van der Waals surface area contributed by atoms with Crippen molar-refractivity contribution in [2.75, 3.05) is 52.6 Å². The molecule has 0 unspecified atom stereocenters. The Kier molecular flexibility index (Phi) is 18.1. The van der Waals surface area contributed by atoms with E-state index in [0.29, 0.717) is 52.6 Å². The van der Waals surface area contributed by atoms with E-state index >= 15 is 0 Å². The third-order valence-electron chi connectivity index (χ3n) is 1.97. The zero-order chi connectivity index (χ0) is 19.4. The Morgan fingerprint density at radius 2 is 1.56 bits per heavy atom. The molecule has 0 aromatic rings. The SMILES string of the molecule is CC(C)(C)OC(=O)NCCOCCN=[N+]=[N-].[N-]=[N+]=NCCOCCN. The molecule has 0 bridgehead atoms. The maximum absolute atomic E-state index is 11.1. The predicted molar refractivity (Wildman–Crippen MR) is 93.0 cm³/mol. The van der Waals surface area contributed by atoms with Crippen LogP contribution in [0.2, 0.25) is 0 Å². The number of hydrogen-bond acceptors (Lipinski definition) is 7. The van der Waals surface area contributed by atoms with Crippen molar-refractivity contribution in [1.82, 2.24) is 5.32 Å². The van der Waals surface area contributed by atoms with Crippen LogP contribution in [0.25, 0.3) is 20.9 Å². The molecule has 0 aliphatic heterocycles. The van der Waals surface area contributed by atoms with Gasteiger partial charge in [0.05, 0.1) is 26.4 Å². The minimum atomic E-state index is -0.494. The van der Waals surface area contributed by atoms with E-state index in [4.69, 9.17) is 31.0 Å². The van der Waals surface area contributed by atoms with E-state index in [2.05, 4.69) is 25.4 Å². The Morgan fingerprint density at radius 1 is 1.04 bits per heavy atom. The molecule has 3 N–H and O–H groups in total. The standard InChI is InChI=1S/C9H18N4O3.C4H10N4O/c1-9(2,3)16-8(14)11-4-6-15-7-5-12-13-10;5-1-3-9-4-2-7-8-6/h4-7H2,1-3H3,(H,11,14);1-5H2. The van der Waals surface area contributed by atoms with E-state index in [1.165, 1.54) is 0 Å². The van der Waals surface area contributed by atoms with Crippen molar-refractivity contribution < 1.29 is 19.0 Å². The van der Waals surface area contributed by atoms with Crippen molar-refractivity contribution >= 4 is 6.09 Å². The molecular formula is C13H28N8O4. The molecule has 0 fully saturated rings. The lowest BCUT2D eigenvalue weighted by atomic mass is 10.2. The van der Waals surface area contributed by atoms with Crippen molar-refractivity contribution in [3.05, 3.63) is 20.9 Å². The van der Waals surface area contributed by atoms with Gasteiger partial charge in [0.15, 0.2) is 0 Å². The molecule has 0 atom stereocenters. The van der Waals surface area contributed by atoms with E-state index in [0.717, 1.165) is 0 Å². The van der Waals surface area contributed by atoms with Gasteiger partial charge in [0.2, 0.25) is 0 Å². The molecule has 0 aliphatic rings. The largest absolute Gasteiger partial charge is 0.444 e. The fourth-order valence-corrected chi connectivity index (χ4v) is 1.13. The molecule has 12 nitrogen and oxygen atoms in total. The second-order valence-electron chi connectivity index (χ2n) is 5.35. The lowest BCUT2D eigenvalue weighted by molar-refractivity contribution is 0.0501. The van der Waals surface area contributed by atoms with Gasteiger partial charge in [-0.1, -0.05) is 10.2 Å². The molecule has 0 radical (unpaired) electrons. The highest BCUT2D eigenvalue weighted by molar-refractivity contribution is 5.67. The summed E-state index contributed by atoms with van der Waals surface area (Å²) in [6.45, 7) is 8.64. The first kappa shape index (κ1) is 25.0. The van der Waals surface area contributed by atoms with Crippen LogP contribution in [0, 0.1) is 0 Å². The normalized spacial score (nSPS) is 9.76. The topological polar surface area (TPSA) is 180 Å². The number of carbonyl (C=O) groups excluding carboxylic acids is 1. The Morgan fingerprint density at radius 3 is 2.00 bits per heavy atom. The summed E-state index contributed by atoms with van der Waals surface area (Å²) in [6.07, 6.45) is -0.467. The molecule has 12 heteroatoms. The lowest BCUT2D eigenvalue weighted by Gasteiger charge is -2.19. The molecule has 0 saturated heterocycles. The van der Waals surface area contributed by atoms with Crippen molar-refractivity contribution in [2.45, 2.75) is 26.4 Å². The van der Waals surface area contributed by atoms with Crippen molar-refractivity contribution in [3.8, 4) is 0 Å². The molecule has 0 aromatic heterocycles. The van der Waals surface area contributed by atoms with Gasteiger partial charge in [0.1, 0.15) is 5.60 Å². The summed E-state index contributed by atoms with van der Waals surface area (Å²) in [7, 11) is 0. The average Bonchev–Trinajstić information content (AvgIpc) is 2.53. The van der Waals surface area contributed by atoms with Crippen LogP contribution >= 0.6 is 0 Å². The smallest absolute Gasteiger partial charge is 0.407 e. The summed E-state index contributed by atoms with van der Waals surface area (Å²) in [6, 6.07) is 0. The van der Waals surface area contributed by atoms with Gasteiger partial charge >= 0.3 is 6.09 Å². The van der Waals surface area contributed by atoms with Crippen molar-refractivity contribution in [1.29, 1.82) is 0 Å². The fourth-order valence-electron chi connectivity index (χ4n) is 1.13. The minimum absolute atomic E-state index is 0.295. The Balaban J connectivity index is 0. The van der Waals surface area contributed by atoms with Gasteiger partial charge in [-0.2, -0.15) is 0 Å². The zero-order valence-electron chi connectivity index (χ0n) is 15.1. The highest BCUT2D eigenvalue weighted by Gasteiger charge is 2.15. The highest BCUT2D eigenvalue weighted by Crippen LogP contribution is 2.05. The van der Waals surface area contributed by atoms with Crippen LogP contribution in [0.3, 0.4) is 0 Å². The lowest BCUT2D eigenvalue weighted by Crippen LogP contribution is -2.34. The third kappa shape index (κ3) is 26.9. The minimum Gasteiger partial charge on any atom is -0.444 e. The third-order valence-corrected chi connectivity index (χ3v) is 1.97. The van der Waals surface area contributed by atoms with Crippen LogP contribution in [-0.2, 0) is 14.2 Å². The second-order valence-corrected chi connectivity index (χ2v) is 5.35. The van der Waals surface area contributed by atoms with Gasteiger partial charge in [-0.15, -0.1) is 0 Å². The summed E-state index contributed by atoms with van der Waals surface area (Å²) >= 11 is 0. The van der Waals surface area contributed by atoms with Crippen LogP contribution in [0.5, 0.6) is 0 Å². The zero-order valence-corrected chi connectivity index (χ0v) is 15.1. The number of hydrogen-bond donors (Lipinski definition) is 2. The van der Waals surface area contributed by atoms with E-state index in [1.807, 2.05) is 0 Å². The Hall–Kier alpha value is -2.23. The van der Waals surface area contributed by atoms with Crippen LogP contribution in [0.15, 0.2) is 10.2 Å². The summed E-state index contributed by atoms with van der Waals surface area (Å²) in [5.74, 6) is 0. The van der Waals surface area contributed by atoms with Gasteiger partial charge in [-0.25, -0.2) is 4.79 Å². The maximum Gasteiger partial charge on any atom is 0.407 e. The highest BCUT2D eigenvalue weighted by atomic mass is 16.6. The van der Waals surface area contributed by atoms with Gasteiger partial charge < -0.3 is 25.3 Å². The number of ether oxygens (including phenoxy) is 3. The number of rotatable bonds is 11. The predicted octanol–water partition coefficient (Wildman–Crippen LogP) is 2.11. The van der Waals surface area contributed by atoms with Crippen LogP contribution in [0.1, 0.15) is 20.8 Å². The number of nitrogens with zero attached hydrogens (tertiary/aromatic N) is 6. The van der Waals surface area contributed by atoms with Crippen LogP contribution in [0.4, 0.5) is 4.79 Å². The number of nitrogens with two attached hydrogens (primary N) is 1. The van der Waals surface area contributed by atoms with E-state index in [-0.39, 0.29) is 0 Å². The fraction of sp³-hybridized carbons (Fsp3) is 0.923. The monoisotopic (exact) mass is 360 g/mol. The van der Waals surface area contributed by atoms with Crippen molar-refractivity contribution in [2.24, 2.45) is 16.0 Å².